The molecule has 146 valence electrons. The van der Waals surface area contributed by atoms with Crippen LogP contribution in [0.2, 0.25) is 0 Å². The first-order valence-electron chi connectivity index (χ1n) is 9.09. The summed E-state index contributed by atoms with van der Waals surface area (Å²) in [5.74, 6) is -2.30. The molecule has 5 atom stereocenters. The second kappa shape index (κ2) is 6.45. The molecule has 4 rings (SSSR count). The summed E-state index contributed by atoms with van der Waals surface area (Å²) < 4.78 is 55.1. The Morgan fingerprint density at radius 3 is 2.70 bits per heavy atom. The minimum atomic E-state index is -4.35. The Kier molecular flexibility index (Phi) is 4.35. The number of fused-ring (bicyclic) bond motifs is 1. The molecule has 1 saturated heterocycles. The Hall–Kier alpha value is -2.19. The van der Waals surface area contributed by atoms with E-state index in [1.807, 2.05) is 24.3 Å². The molecule has 9 heteroatoms. The number of alkyl halides is 4. The average molecular weight is 384 g/mol. The highest BCUT2D eigenvalue weighted by atomic mass is 19.4. The summed E-state index contributed by atoms with van der Waals surface area (Å²) in [5.41, 5.74) is 0. The topological polar surface area (TPSA) is 51.0 Å². The summed E-state index contributed by atoms with van der Waals surface area (Å²) in [4.78, 5) is 17.9. The first kappa shape index (κ1) is 18.2. The highest BCUT2D eigenvalue weighted by Crippen LogP contribution is 2.42. The van der Waals surface area contributed by atoms with Gasteiger partial charge in [-0.15, -0.1) is 5.10 Å². The molecule has 1 amide bonds. The fraction of sp³-hybridized carbons (Fsp3) is 0.611. The second-order valence-electron chi connectivity index (χ2n) is 7.40. The highest BCUT2D eigenvalue weighted by Gasteiger charge is 2.50. The van der Waals surface area contributed by atoms with Crippen LogP contribution in [0.25, 0.3) is 0 Å². The molecule has 2 aliphatic heterocycles. The van der Waals surface area contributed by atoms with E-state index in [0.29, 0.717) is 0 Å². The Morgan fingerprint density at radius 2 is 2.07 bits per heavy atom. The zero-order valence-electron chi connectivity index (χ0n) is 14.7. The maximum absolute atomic E-state index is 14.4. The molecule has 1 unspecified atom stereocenters. The number of aromatic nitrogens is 3. The minimum absolute atomic E-state index is 0.00725. The summed E-state index contributed by atoms with van der Waals surface area (Å²) in [6, 6.07) is -1.23. The lowest BCUT2D eigenvalue weighted by Gasteiger charge is -2.25. The van der Waals surface area contributed by atoms with Crippen molar-refractivity contribution in [1.29, 1.82) is 0 Å². The fourth-order valence-corrected chi connectivity index (χ4v) is 4.33. The Bertz CT molecular complexity index is 800. The summed E-state index contributed by atoms with van der Waals surface area (Å²) >= 11 is 0. The van der Waals surface area contributed by atoms with Crippen molar-refractivity contribution in [3.63, 3.8) is 0 Å². The van der Waals surface area contributed by atoms with E-state index in [1.54, 1.807) is 0 Å². The van der Waals surface area contributed by atoms with E-state index in [9.17, 15) is 22.4 Å². The standard InChI is InChI=1S/C18H20F4N4O/c1-10-12(18(20,21)22)7-8-25(10)17(27)15-23-16-13(19)9-14(26(16)24-15)11-5-3-2-4-6-11/h2-5,10-14H,6-9H2,1H3/t10-,11?,12+,13-,14-/m0/s1. The predicted molar refractivity (Wildman–Crippen MR) is 88.6 cm³/mol. The molecule has 0 saturated carbocycles. The van der Waals surface area contributed by atoms with Gasteiger partial charge in [-0.05, 0) is 19.8 Å². The van der Waals surface area contributed by atoms with Gasteiger partial charge in [-0.3, -0.25) is 4.79 Å². The lowest BCUT2D eigenvalue weighted by Crippen LogP contribution is -2.40. The molecular formula is C18H20F4N4O. The summed E-state index contributed by atoms with van der Waals surface area (Å²) in [6.07, 6.45) is 2.93. The summed E-state index contributed by atoms with van der Waals surface area (Å²) in [6.45, 7) is 1.37. The third-order valence-electron chi connectivity index (χ3n) is 5.84. The number of hydrogen-bond acceptors (Lipinski definition) is 3. The van der Waals surface area contributed by atoms with Crippen LogP contribution in [0.15, 0.2) is 24.3 Å². The van der Waals surface area contributed by atoms with Crippen molar-refractivity contribution >= 4 is 5.91 Å². The van der Waals surface area contributed by atoms with Gasteiger partial charge in [0.05, 0.1) is 12.0 Å². The van der Waals surface area contributed by atoms with Gasteiger partial charge in [0.1, 0.15) is 0 Å². The lowest BCUT2D eigenvalue weighted by atomic mass is 9.91. The molecule has 0 radical (unpaired) electrons. The average Bonchev–Trinajstić information content (AvgIpc) is 3.29. The van der Waals surface area contributed by atoms with Crippen molar-refractivity contribution in [2.45, 2.75) is 50.6 Å². The van der Waals surface area contributed by atoms with Gasteiger partial charge in [-0.2, -0.15) is 13.2 Å². The zero-order chi connectivity index (χ0) is 19.3. The van der Waals surface area contributed by atoms with Gasteiger partial charge in [0.2, 0.25) is 5.82 Å². The van der Waals surface area contributed by atoms with E-state index >= 15 is 0 Å². The number of hydrogen-bond donors (Lipinski definition) is 0. The van der Waals surface area contributed by atoms with E-state index in [4.69, 9.17) is 0 Å². The lowest BCUT2D eigenvalue weighted by molar-refractivity contribution is -0.177. The van der Waals surface area contributed by atoms with E-state index < -0.39 is 30.2 Å². The molecule has 1 aliphatic carbocycles. The van der Waals surface area contributed by atoms with E-state index in [1.165, 1.54) is 11.6 Å². The van der Waals surface area contributed by atoms with Crippen molar-refractivity contribution in [2.24, 2.45) is 11.8 Å². The van der Waals surface area contributed by atoms with Crippen molar-refractivity contribution in [2.75, 3.05) is 6.54 Å². The van der Waals surface area contributed by atoms with E-state index in [2.05, 4.69) is 10.1 Å². The number of amides is 1. The van der Waals surface area contributed by atoms with Crippen LogP contribution in [-0.2, 0) is 0 Å². The predicted octanol–water partition coefficient (Wildman–Crippen LogP) is 3.78. The van der Waals surface area contributed by atoms with Gasteiger partial charge in [-0.1, -0.05) is 24.3 Å². The number of carbonyl (C=O) groups excluding carboxylic acids is 1. The van der Waals surface area contributed by atoms with Crippen LogP contribution in [0.3, 0.4) is 0 Å². The van der Waals surface area contributed by atoms with Crippen LogP contribution >= 0.6 is 0 Å². The Morgan fingerprint density at radius 1 is 1.30 bits per heavy atom. The molecule has 0 spiro atoms. The van der Waals surface area contributed by atoms with Gasteiger partial charge in [0.25, 0.3) is 5.91 Å². The molecule has 3 heterocycles. The molecule has 1 aromatic rings. The van der Waals surface area contributed by atoms with Crippen molar-refractivity contribution in [1.82, 2.24) is 19.7 Å². The van der Waals surface area contributed by atoms with E-state index in [-0.39, 0.29) is 43.0 Å². The van der Waals surface area contributed by atoms with Gasteiger partial charge in [0.15, 0.2) is 12.0 Å². The smallest absolute Gasteiger partial charge is 0.333 e. The fourth-order valence-electron chi connectivity index (χ4n) is 4.33. The van der Waals surface area contributed by atoms with Gasteiger partial charge >= 0.3 is 6.18 Å². The Labute approximate surface area is 153 Å². The molecule has 0 bridgehead atoms. The number of halogens is 4. The number of nitrogens with zero attached hydrogens (tertiary/aromatic N) is 4. The van der Waals surface area contributed by atoms with Crippen molar-refractivity contribution in [3.8, 4) is 0 Å². The van der Waals surface area contributed by atoms with Crippen LogP contribution in [0.4, 0.5) is 17.6 Å². The molecule has 0 aromatic carbocycles. The molecule has 5 nitrogen and oxygen atoms in total. The summed E-state index contributed by atoms with van der Waals surface area (Å²) in [7, 11) is 0. The van der Waals surface area contributed by atoms with Crippen LogP contribution in [0.1, 0.15) is 54.8 Å². The van der Waals surface area contributed by atoms with Crippen LogP contribution in [0.5, 0.6) is 0 Å². The van der Waals surface area contributed by atoms with Gasteiger partial charge < -0.3 is 4.90 Å². The molecule has 0 N–H and O–H groups in total. The van der Waals surface area contributed by atoms with E-state index in [0.717, 1.165) is 11.3 Å². The normalized spacial score (nSPS) is 32.9. The number of rotatable bonds is 2. The highest BCUT2D eigenvalue weighted by molar-refractivity contribution is 5.91. The molecule has 27 heavy (non-hydrogen) atoms. The van der Waals surface area contributed by atoms with Gasteiger partial charge in [-0.25, -0.2) is 14.1 Å². The second-order valence-corrected chi connectivity index (χ2v) is 7.40. The third-order valence-corrected chi connectivity index (χ3v) is 5.84. The quantitative estimate of drug-likeness (QED) is 0.730. The monoisotopic (exact) mass is 384 g/mol. The maximum atomic E-state index is 14.4. The minimum Gasteiger partial charge on any atom is -0.333 e. The van der Waals surface area contributed by atoms with Crippen molar-refractivity contribution in [3.05, 3.63) is 36.0 Å². The Balaban J connectivity index is 1.56. The van der Waals surface area contributed by atoms with Crippen LogP contribution < -0.4 is 0 Å². The van der Waals surface area contributed by atoms with Crippen LogP contribution in [-0.4, -0.2) is 44.3 Å². The zero-order valence-corrected chi connectivity index (χ0v) is 14.7. The molecule has 3 aliphatic rings. The number of carbonyl (C=O) groups is 1. The number of likely N-dealkylation sites (tertiary alicyclic amines) is 1. The molecule has 1 aromatic heterocycles. The first-order chi connectivity index (χ1) is 12.8. The number of allylic oxidation sites excluding steroid dienone is 4. The van der Waals surface area contributed by atoms with Crippen LogP contribution in [0, 0.1) is 11.8 Å². The van der Waals surface area contributed by atoms with Crippen molar-refractivity contribution < 1.29 is 22.4 Å². The molecular weight excluding hydrogens is 364 g/mol. The SMILES string of the molecule is C[C@H]1[C@H](C(F)(F)F)CCN1C(=O)c1nc2n(n1)[C@H](C1C=CC=CC1)C[C@@H]2F. The largest absolute Gasteiger partial charge is 0.393 e. The maximum Gasteiger partial charge on any atom is 0.393 e. The summed E-state index contributed by atoms with van der Waals surface area (Å²) in [5, 5.41) is 4.20. The first-order valence-corrected chi connectivity index (χ1v) is 9.09. The van der Waals surface area contributed by atoms with Gasteiger partial charge in [0, 0.05) is 24.9 Å². The third kappa shape index (κ3) is 3.06. The molecule has 1 fully saturated rings.